The summed E-state index contributed by atoms with van der Waals surface area (Å²) >= 11 is 1.80. The van der Waals surface area contributed by atoms with Crippen molar-refractivity contribution < 1.29 is 4.79 Å². The summed E-state index contributed by atoms with van der Waals surface area (Å²) < 4.78 is 0. The molecule has 1 rings (SSSR count). The maximum absolute atomic E-state index is 11.0. The number of carbonyl (C=O) groups excluding carboxylic acids is 1. The first kappa shape index (κ1) is 8.91. The second-order valence-electron chi connectivity index (χ2n) is 2.79. The van der Waals surface area contributed by atoms with E-state index in [-0.39, 0.29) is 11.2 Å². The molecule has 1 atom stereocenters. The summed E-state index contributed by atoms with van der Waals surface area (Å²) in [6.45, 7) is 3.05. The third-order valence-electron chi connectivity index (χ3n) is 1.82. The van der Waals surface area contributed by atoms with Gasteiger partial charge in [-0.15, -0.1) is 11.8 Å². The molecular formula is C8H15NOS. The lowest BCUT2D eigenvalue weighted by Crippen LogP contribution is -2.20. The molecule has 0 aromatic carbocycles. The summed E-state index contributed by atoms with van der Waals surface area (Å²) in [5.41, 5.74) is 0. The van der Waals surface area contributed by atoms with E-state index in [1.165, 1.54) is 12.8 Å². The summed E-state index contributed by atoms with van der Waals surface area (Å²) in [6, 6.07) is 0. The minimum absolute atomic E-state index is 0.242. The molecule has 0 aromatic rings. The molecule has 0 bridgehead atoms. The fourth-order valence-corrected chi connectivity index (χ4v) is 2.36. The first-order chi connectivity index (χ1) is 5.34. The minimum atomic E-state index is 0.242. The van der Waals surface area contributed by atoms with Gasteiger partial charge in [0.2, 0.25) is 5.91 Å². The molecule has 1 N–H and O–H groups in total. The second-order valence-corrected chi connectivity index (χ2v) is 4.10. The highest BCUT2D eigenvalue weighted by molar-refractivity contribution is 8.00. The van der Waals surface area contributed by atoms with Crippen molar-refractivity contribution in [1.82, 2.24) is 5.32 Å². The van der Waals surface area contributed by atoms with Crippen LogP contribution in [-0.2, 0) is 4.79 Å². The number of unbranched alkanes of at least 4 members (excludes halogenated alkanes) is 1. The van der Waals surface area contributed by atoms with Crippen molar-refractivity contribution in [1.29, 1.82) is 0 Å². The van der Waals surface area contributed by atoms with Crippen LogP contribution in [0.15, 0.2) is 0 Å². The monoisotopic (exact) mass is 173 g/mol. The summed E-state index contributed by atoms with van der Waals surface area (Å²) in [7, 11) is 0. The van der Waals surface area contributed by atoms with Crippen LogP contribution in [0.3, 0.4) is 0 Å². The molecule has 64 valence electrons. The zero-order valence-corrected chi connectivity index (χ0v) is 7.75. The Morgan fingerprint density at radius 2 is 2.55 bits per heavy atom. The number of carbonyl (C=O) groups is 1. The average molecular weight is 173 g/mol. The molecule has 0 radical (unpaired) electrons. The maximum atomic E-state index is 11.0. The van der Waals surface area contributed by atoms with Crippen LogP contribution >= 0.6 is 11.8 Å². The van der Waals surface area contributed by atoms with Gasteiger partial charge in [-0.05, 0) is 18.6 Å². The SMILES string of the molecule is CCCCSC1CCNC1=O. The van der Waals surface area contributed by atoms with Crippen molar-refractivity contribution in [2.24, 2.45) is 0 Å². The standard InChI is InChI=1S/C8H15NOS/c1-2-3-6-11-7-4-5-9-8(7)10/h7H,2-6H2,1H3,(H,9,10). The second kappa shape index (κ2) is 4.65. The van der Waals surface area contributed by atoms with Crippen LogP contribution in [0, 0.1) is 0 Å². The third kappa shape index (κ3) is 2.73. The molecule has 3 heteroatoms. The van der Waals surface area contributed by atoms with Crippen molar-refractivity contribution in [2.45, 2.75) is 31.4 Å². The molecule has 0 spiro atoms. The van der Waals surface area contributed by atoms with Crippen molar-refractivity contribution in [3.05, 3.63) is 0 Å². The molecule has 1 aliphatic heterocycles. The Hall–Kier alpha value is -0.180. The lowest BCUT2D eigenvalue weighted by atomic mass is 10.4. The van der Waals surface area contributed by atoms with Gasteiger partial charge in [0.25, 0.3) is 0 Å². The summed E-state index contributed by atoms with van der Waals surface area (Å²) in [6.07, 6.45) is 3.48. The van der Waals surface area contributed by atoms with Crippen molar-refractivity contribution in [3.63, 3.8) is 0 Å². The lowest BCUT2D eigenvalue weighted by molar-refractivity contribution is -0.118. The van der Waals surface area contributed by atoms with Crippen molar-refractivity contribution >= 4 is 17.7 Å². The summed E-state index contributed by atoms with van der Waals surface area (Å²) in [4.78, 5) is 11.0. The predicted octanol–water partition coefficient (Wildman–Crippen LogP) is 1.41. The first-order valence-electron chi connectivity index (χ1n) is 4.24. The van der Waals surface area contributed by atoms with E-state index in [0.717, 1.165) is 18.7 Å². The zero-order chi connectivity index (χ0) is 8.10. The fraction of sp³-hybridized carbons (Fsp3) is 0.875. The van der Waals surface area contributed by atoms with E-state index in [9.17, 15) is 4.79 Å². The smallest absolute Gasteiger partial charge is 0.233 e. The average Bonchev–Trinajstić information content (AvgIpc) is 2.37. The molecule has 0 aromatic heterocycles. The highest BCUT2D eigenvalue weighted by Gasteiger charge is 2.23. The Bertz CT molecular complexity index is 138. The third-order valence-corrected chi connectivity index (χ3v) is 3.19. The Kier molecular flexibility index (Phi) is 3.77. The quantitative estimate of drug-likeness (QED) is 0.651. The summed E-state index contributed by atoms with van der Waals surface area (Å²) in [5, 5.41) is 3.09. The molecule has 1 heterocycles. The van der Waals surface area contributed by atoms with E-state index in [1.807, 2.05) is 0 Å². The van der Waals surface area contributed by atoms with Crippen LogP contribution in [0.4, 0.5) is 0 Å². The summed E-state index contributed by atoms with van der Waals surface area (Å²) in [5.74, 6) is 1.38. The van der Waals surface area contributed by atoms with Gasteiger partial charge >= 0.3 is 0 Å². The normalized spacial score (nSPS) is 23.7. The molecule has 1 unspecified atom stereocenters. The zero-order valence-electron chi connectivity index (χ0n) is 6.93. The number of rotatable bonds is 4. The molecule has 2 nitrogen and oxygen atoms in total. The van der Waals surface area contributed by atoms with E-state index in [1.54, 1.807) is 11.8 Å². The largest absolute Gasteiger partial charge is 0.355 e. The van der Waals surface area contributed by atoms with E-state index in [0.29, 0.717) is 0 Å². The Morgan fingerprint density at radius 1 is 1.73 bits per heavy atom. The molecule has 1 saturated heterocycles. The highest BCUT2D eigenvalue weighted by Crippen LogP contribution is 2.19. The number of hydrogen-bond donors (Lipinski definition) is 1. The van der Waals surface area contributed by atoms with Gasteiger partial charge in [-0.1, -0.05) is 13.3 Å². The van der Waals surface area contributed by atoms with Crippen molar-refractivity contribution in [3.8, 4) is 0 Å². The van der Waals surface area contributed by atoms with E-state index >= 15 is 0 Å². The Balaban J connectivity index is 2.10. The maximum Gasteiger partial charge on any atom is 0.233 e. The fourth-order valence-electron chi connectivity index (χ4n) is 1.10. The topological polar surface area (TPSA) is 29.1 Å². The van der Waals surface area contributed by atoms with E-state index < -0.39 is 0 Å². The molecule has 11 heavy (non-hydrogen) atoms. The van der Waals surface area contributed by atoms with Crippen LogP contribution in [0.25, 0.3) is 0 Å². The highest BCUT2D eigenvalue weighted by atomic mass is 32.2. The molecule has 1 fully saturated rings. The van der Waals surface area contributed by atoms with Crippen LogP contribution < -0.4 is 5.32 Å². The van der Waals surface area contributed by atoms with Crippen LogP contribution in [0.2, 0.25) is 0 Å². The first-order valence-corrected chi connectivity index (χ1v) is 5.28. The van der Waals surface area contributed by atoms with Gasteiger partial charge in [0.1, 0.15) is 0 Å². The predicted molar refractivity (Wildman–Crippen MR) is 48.8 cm³/mol. The molecule has 1 aliphatic rings. The Labute approximate surface area is 72.1 Å². The molecule has 1 amide bonds. The van der Waals surface area contributed by atoms with Crippen molar-refractivity contribution in [2.75, 3.05) is 12.3 Å². The van der Waals surface area contributed by atoms with Gasteiger partial charge in [0, 0.05) is 6.54 Å². The van der Waals surface area contributed by atoms with Gasteiger partial charge in [0.05, 0.1) is 5.25 Å². The van der Waals surface area contributed by atoms with E-state index in [4.69, 9.17) is 0 Å². The molecular weight excluding hydrogens is 158 g/mol. The minimum Gasteiger partial charge on any atom is -0.355 e. The van der Waals surface area contributed by atoms with Gasteiger partial charge < -0.3 is 5.32 Å². The van der Waals surface area contributed by atoms with Gasteiger partial charge in [-0.25, -0.2) is 0 Å². The molecule has 0 saturated carbocycles. The van der Waals surface area contributed by atoms with Gasteiger partial charge in [-0.2, -0.15) is 0 Å². The van der Waals surface area contributed by atoms with Crippen LogP contribution in [0.1, 0.15) is 26.2 Å². The number of amides is 1. The number of hydrogen-bond acceptors (Lipinski definition) is 2. The Morgan fingerprint density at radius 3 is 3.09 bits per heavy atom. The number of thioether (sulfide) groups is 1. The number of nitrogens with one attached hydrogen (secondary N) is 1. The van der Waals surface area contributed by atoms with Crippen LogP contribution in [-0.4, -0.2) is 23.5 Å². The van der Waals surface area contributed by atoms with Crippen LogP contribution in [0.5, 0.6) is 0 Å². The van der Waals surface area contributed by atoms with Gasteiger partial charge in [0.15, 0.2) is 0 Å². The van der Waals surface area contributed by atoms with E-state index in [2.05, 4.69) is 12.2 Å². The van der Waals surface area contributed by atoms with Gasteiger partial charge in [-0.3, -0.25) is 4.79 Å². The molecule has 0 aliphatic carbocycles. The lowest BCUT2D eigenvalue weighted by Gasteiger charge is -2.04.